The fourth-order valence-corrected chi connectivity index (χ4v) is 3.01. The standard InChI is InChI=1S/C16H18ClN7/c1-10-9-24(5-4-18-10)16-19-8-13(17)15(22-16)21-12-2-3-14-11(6-12)7-20-23-14/h2-3,6-8,10,18H,4-5,9H2,1H3,(H,20,23)(H,19,21,22). The number of hydrogen-bond acceptors (Lipinski definition) is 6. The van der Waals surface area contributed by atoms with Crippen molar-refractivity contribution >= 4 is 40.0 Å². The quantitative estimate of drug-likeness (QED) is 0.678. The molecule has 3 aromatic rings. The lowest BCUT2D eigenvalue weighted by molar-refractivity contribution is 0.479. The van der Waals surface area contributed by atoms with Crippen LogP contribution in [0.5, 0.6) is 0 Å². The summed E-state index contributed by atoms with van der Waals surface area (Å²) in [4.78, 5) is 11.2. The predicted molar refractivity (Wildman–Crippen MR) is 96.1 cm³/mol. The van der Waals surface area contributed by atoms with Crippen LogP contribution in [0.3, 0.4) is 0 Å². The minimum absolute atomic E-state index is 0.415. The lowest BCUT2D eigenvalue weighted by atomic mass is 10.2. The van der Waals surface area contributed by atoms with E-state index in [1.807, 2.05) is 18.2 Å². The molecule has 24 heavy (non-hydrogen) atoms. The maximum absolute atomic E-state index is 6.27. The fraction of sp³-hybridized carbons (Fsp3) is 0.312. The molecule has 1 fully saturated rings. The molecular weight excluding hydrogens is 326 g/mol. The molecule has 3 heterocycles. The molecule has 0 saturated carbocycles. The average Bonchev–Trinajstić information content (AvgIpc) is 3.04. The molecule has 2 aromatic heterocycles. The van der Waals surface area contributed by atoms with Gasteiger partial charge >= 0.3 is 0 Å². The molecule has 1 aliphatic heterocycles. The topological polar surface area (TPSA) is 81.8 Å². The van der Waals surface area contributed by atoms with Crippen molar-refractivity contribution in [1.29, 1.82) is 0 Å². The summed E-state index contributed by atoms with van der Waals surface area (Å²) in [5.41, 5.74) is 1.90. The van der Waals surface area contributed by atoms with Gasteiger partial charge in [0.05, 0.1) is 17.9 Å². The van der Waals surface area contributed by atoms with Crippen LogP contribution >= 0.6 is 11.6 Å². The Hall–Kier alpha value is -2.38. The normalized spacial score (nSPS) is 18.1. The highest BCUT2D eigenvalue weighted by atomic mass is 35.5. The van der Waals surface area contributed by atoms with E-state index in [0.717, 1.165) is 36.2 Å². The molecule has 0 spiro atoms. The number of piperazine rings is 1. The van der Waals surface area contributed by atoms with E-state index in [4.69, 9.17) is 11.6 Å². The SMILES string of the molecule is CC1CN(c2ncc(Cl)c(Nc3ccc4[nH]ncc4c3)n2)CCN1. The maximum Gasteiger partial charge on any atom is 0.227 e. The fourth-order valence-electron chi connectivity index (χ4n) is 2.87. The van der Waals surface area contributed by atoms with Crippen LogP contribution in [0, 0.1) is 0 Å². The van der Waals surface area contributed by atoms with Crippen LogP contribution in [0.1, 0.15) is 6.92 Å². The number of aromatic amines is 1. The first-order valence-corrected chi connectivity index (χ1v) is 8.28. The monoisotopic (exact) mass is 343 g/mol. The number of nitrogens with zero attached hydrogens (tertiary/aromatic N) is 4. The molecule has 1 aromatic carbocycles. The first-order chi connectivity index (χ1) is 11.7. The Bertz CT molecular complexity index is 863. The van der Waals surface area contributed by atoms with Gasteiger partial charge in [0.15, 0.2) is 5.82 Å². The van der Waals surface area contributed by atoms with Crippen molar-refractivity contribution in [2.24, 2.45) is 0 Å². The van der Waals surface area contributed by atoms with Gasteiger partial charge in [-0.05, 0) is 25.1 Å². The van der Waals surface area contributed by atoms with E-state index in [9.17, 15) is 0 Å². The second kappa shape index (κ2) is 6.26. The zero-order chi connectivity index (χ0) is 16.5. The lowest BCUT2D eigenvalue weighted by Gasteiger charge is -2.32. The Labute approximate surface area is 144 Å². The Morgan fingerprint density at radius 1 is 1.33 bits per heavy atom. The Morgan fingerprint density at radius 3 is 3.12 bits per heavy atom. The van der Waals surface area contributed by atoms with E-state index in [1.54, 1.807) is 12.4 Å². The van der Waals surface area contributed by atoms with Gasteiger partial charge in [-0.25, -0.2) is 4.98 Å². The summed E-state index contributed by atoms with van der Waals surface area (Å²) in [6.07, 6.45) is 3.44. The van der Waals surface area contributed by atoms with Crippen LogP contribution in [0.25, 0.3) is 10.9 Å². The molecule has 1 atom stereocenters. The largest absolute Gasteiger partial charge is 0.339 e. The Kier molecular flexibility index (Phi) is 3.95. The Balaban J connectivity index is 1.60. The predicted octanol–water partition coefficient (Wildman–Crippen LogP) is 2.55. The second-order valence-corrected chi connectivity index (χ2v) is 6.37. The molecule has 0 bridgehead atoms. The number of H-pyrrole nitrogens is 1. The lowest BCUT2D eigenvalue weighted by Crippen LogP contribution is -2.49. The molecule has 4 rings (SSSR count). The molecule has 0 radical (unpaired) electrons. The van der Waals surface area contributed by atoms with Crippen LogP contribution in [0.4, 0.5) is 17.5 Å². The summed E-state index contributed by atoms with van der Waals surface area (Å²) in [6, 6.07) is 6.35. The summed E-state index contributed by atoms with van der Waals surface area (Å²) in [6.45, 7) is 4.84. The number of benzene rings is 1. The molecule has 124 valence electrons. The van der Waals surface area contributed by atoms with Crippen LogP contribution in [-0.4, -0.2) is 45.8 Å². The summed E-state index contributed by atoms with van der Waals surface area (Å²) in [5.74, 6) is 1.30. The summed E-state index contributed by atoms with van der Waals surface area (Å²) >= 11 is 6.27. The van der Waals surface area contributed by atoms with Crippen molar-refractivity contribution in [1.82, 2.24) is 25.5 Å². The molecule has 3 N–H and O–H groups in total. The highest BCUT2D eigenvalue weighted by molar-refractivity contribution is 6.32. The minimum atomic E-state index is 0.415. The van der Waals surface area contributed by atoms with Crippen molar-refractivity contribution in [2.75, 3.05) is 29.9 Å². The van der Waals surface area contributed by atoms with Crippen molar-refractivity contribution in [2.45, 2.75) is 13.0 Å². The van der Waals surface area contributed by atoms with E-state index in [-0.39, 0.29) is 0 Å². The van der Waals surface area contributed by atoms with Crippen molar-refractivity contribution in [3.05, 3.63) is 35.6 Å². The van der Waals surface area contributed by atoms with E-state index >= 15 is 0 Å². The van der Waals surface area contributed by atoms with E-state index < -0.39 is 0 Å². The van der Waals surface area contributed by atoms with Gasteiger partial charge in [-0.15, -0.1) is 0 Å². The zero-order valence-corrected chi connectivity index (χ0v) is 14.0. The van der Waals surface area contributed by atoms with Gasteiger partial charge in [0, 0.05) is 36.7 Å². The molecular formula is C16H18ClN7. The van der Waals surface area contributed by atoms with Gasteiger partial charge in [-0.1, -0.05) is 11.6 Å². The third kappa shape index (κ3) is 3.00. The van der Waals surface area contributed by atoms with Crippen LogP contribution in [0.15, 0.2) is 30.6 Å². The third-order valence-electron chi connectivity index (χ3n) is 4.09. The Morgan fingerprint density at radius 2 is 2.25 bits per heavy atom. The number of fused-ring (bicyclic) bond motifs is 1. The molecule has 7 nitrogen and oxygen atoms in total. The number of aromatic nitrogens is 4. The molecule has 1 unspecified atom stereocenters. The third-order valence-corrected chi connectivity index (χ3v) is 4.36. The first kappa shape index (κ1) is 15.2. The van der Waals surface area contributed by atoms with Gasteiger partial charge < -0.3 is 15.5 Å². The number of nitrogens with one attached hydrogen (secondary N) is 3. The van der Waals surface area contributed by atoms with Gasteiger partial charge in [0.25, 0.3) is 0 Å². The molecule has 0 amide bonds. The average molecular weight is 344 g/mol. The van der Waals surface area contributed by atoms with Crippen LogP contribution in [0.2, 0.25) is 5.02 Å². The highest BCUT2D eigenvalue weighted by Crippen LogP contribution is 2.26. The molecule has 0 aliphatic carbocycles. The van der Waals surface area contributed by atoms with Crippen molar-refractivity contribution in [3.8, 4) is 0 Å². The number of rotatable bonds is 3. The van der Waals surface area contributed by atoms with Crippen molar-refractivity contribution in [3.63, 3.8) is 0 Å². The second-order valence-electron chi connectivity index (χ2n) is 5.96. The smallest absolute Gasteiger partial charge is 0.227 e. The van der Waals surface area contributed by atoms with E-state index in [2.05, 4.69) is 42.6 Å². The van der Waals surface area contributed by atoms with Crippen LogP contribution in [-0.2, 0) is 0 Å². The van der Waals surface area contributed by atoms with Gasteiger partial charge in [-0.2, -0.15) is 10.1 Å². The number of hydrogen-bond donors (Lipinski definition) is 3. The van der Waals surface area contributed by atoms with Gasteiger partial charge in [0.2, 0.25) is 5.95 Å². The highest BCUT2D eigenvalue weighted by Gasteiger charge is 2.19. The van der Waals surface area contributed by atoms with E-state index in [1.165, 1.54) is 0 Å². The molecule has 8 heteroatoms. The summed E-state index contributed by atoms with van der Waals surface area (Å²) in [5, 5.41) is 15.2. The van der Waals surface area contributed by atoms with Crippen LogP contribution < -0.4 is 15.5 Å². The summed E-state index contributed by atoms with van der Waals surface area (Å²) in [7, 11) is 0. The minimum Gasteiger partial charge on any atom is -0.339 e. The molecule has 1 saturated heterocycles. The summed E-state index contributed by atoms with van der Waals surface area (Å²) < 4.78 is 0. The van der Waals surface area contributed by atoms with Gasteiger partial charge in [0.1, 0.15) is 5.02 Å². The molecule has 1 aliphatic rings. The van der Waals surface area contributed by atoms with Crippen molar-refractivity contribution < 1.29 is 0 Å². The number of anilines is 3. The number of halogens is 1. The zero-order valence-electron chi connectivity index (χ0n) is 13.3. The first-order valence-electron chi connectivity index (χ1n) is 7.90. The van der Waals surface area contributed by atoms with Gasteiger partial charge in [-0.3, -0.25) is 5.10 Å². The maximum atomic E-state index is 6.27. The van der Waals surface area contributed by atoms with E-state index in [0.29, 0.717) is 22.8 Å².